The minimum atomic E-state index is -0.215. The fraction of sp³-hybridized carbons (Fsp3) is 0.450. The van der Waals surface area contributed by atoms with Gasteiger partial charge < -0.3 is 19.2 Å². The van der Waals surface area contributed by atoms with Gasteiger partial charge in [0, 0.05) is 12.6 Å². The second-order valence-corrected chi connectivity index (χ2v) is 5.99. The number of carbonyl (C=O) groups is 1. The van der Waals surface area contributed by atoms with Crippen molar-refractivity contribution in [3.05, 3.63) is 47.9 Å². The largest absolute Gasteiger partial charge is 0.493 e. The van der Waals surface area contributed by atoms with Crippen LogP contribution in [-0.2, 0) is 6.61 Å². The van der Waals surface area contributed by atoms with Gasteiger partial charge in [-0.05, 0) is 44.3 Å². The Labute approximate surface area is 155 Å². The van der Waals surface area contributed by atoms with Crippen molar-refractivity contribution in [3.63, 3.8) is 0 Å². The maximum absolute atomic E-state index is 12.3. The summed E-state index contributed by atoms with van der Waals surface area (Å²) in [5.74, 6) is 1.94. The Bertz CT molecular complexity index is 695. The normalized spacial score (nSPS) is 12.0. The molecule has 0 radical (unpaired) electrons. The smallest absolute Gasteiger partial charge is 0.287 e. The van der Waals surface area contributed by atoms with Crippen LogP contribution in [0.1, 0.15) is 37.1 Å². The number of ether oxygens (including phenoxy) is 2. The number of likely N-dealkylation sites (N-methyl/N-ethyl adjacent to an activating group) is 1. The SMILES string of the molecule is CCN(CC)C(C)CNC(=O)c1ccc(COc2ccccc2OC)o1. The Kier molecular flexibility index (Phi) is 7.53. The lowest BCUT2D eigenvalue weighted by molar-refractivity contribution is 0.0906. The van der Waals surface area contributed by atoms with Crippen LogP contribution in [-0.4, -0.2) is 43.6 Å². The molecule has 0 bridgehead atoms. The molecule has 2 aromatic rings. The van der Waals surface area contributed by atoms with Crippen molar-refractivity contribution >= 4 is 5.91 Å². The minimum absolute atomic E-state index is 0.215. The molecule has 0 aliphatic heterocycles. The van der Waals surface area contributed by atoms with Crippen LogP contribution in [0.3, 0.4) is 0 Å². The Balaban J connectivity index is 1.87. The number of hydrogen-bond donors (Lipinski definition) is 1. The number of furan rings is 1. The fourth-order valence-electron chi connectivity index (χ4n) is 2.77. The molecule has 1 aromatic heterocycles. The molecule has 0 saturated heterocycles. The highest BCUT2D eigenvalue weighted by Gasteiger charge is 2.15. The first-order chi connectivity index (χ1) is 12.6. The third-order valence-corrected chi connectivity index (χ3v) is 4.32. The number of carbonyl (C=O) groups excluding carboxylic acids is 1. The molecular formula is C20H28N2O4. The van der Waals surface area contributed by atoms with E-state index in [4.69, 9.17) is 13.9 Å². The summed E-state index contributed by atoms with van der Waals surface area (Å²) in [6.45, 7) is 9.04. The lowest BCUT2D eigenvalue weighted by atomic mass is 10.2. The molecule has 0 aliphatic carbocycles. The van der Waals surface area contributed by atoms with E-state index in [1.54, 1.807) is 19.2 Å². The molecule has 1 heterocycles. The molecule has 0 fully saturated rings. The van der Waals surface area contributed by atoms with E-state index >= 15 is 0 Å². The standard InChI is InChI=1S/C20H28N2O4/c1-5-22(6-2)15(3)13-21-20(23)19-12-11-16(26-19)14-25-18-10-8-7-9-17(18)24-4/h7-12,15H,5-6,13-14H2,1-4H3,(H,21,23). The Morgan fingerprint density at radius 2 is 1.85 bits per heavy atom. The van der Waals surface area contributed by atoms with E-state index in [9.17, 15) is 4.79 Å². The zero-order chi connectivity index (χ0) is 18.9. The van der Waals surface area contributed by atoms with Gasteiger partial charge in [0.1, 0.15) is 12.4 Å². The highest BCUT2D eigenvalue weighted by Crippen LogP contribution is 2.26. The second kappa shape index (κ2) is 9.87. The molecule has 6 heteroatoms. The number of hydrogen-bond acceptors (Lipinski definition) is 5. The van der Waals surface area contributed by atoms with Gasteiger partial charge in [-0.3, -0.25) is 9.69 Å². The molecule has 6 nitrogen and oxygen atoms in total. The monoisotopic (exact) mass is 360 g/mol. The summed E-state index contributed by atoms with van der Waals surface area (Å²) < 4.78 is 16.5. The fourth-order valence-corrected chi connectivity index (χ4v) is 2.77. The zero-order valence-electron chi connectivity index (χ0n) is 16.0. The van der Waals surface area contributed by atoms with E-state index < -0.39 is 0 Å². The van der Waals surface area contributed by atoms with Crippen molar-refractivity contribution in [2.45, 2.75) is 33.4 Å². The maximum atomic E-state index is 12.3. The first-order valence-electron chi connectivity index (χ1n) is 8.95. The summed E-state index contributed by atoms with van der Waals surface area (Å²) in [5.41, 5.74) is 0. The maximum Gasteiger partial charge on any atom is 0.287 e. The van der Waals surface area contributed by atoms with Crippen molar-refractivity contribution in [1.82, 2.24) is 10.2 Å². The predicted octanol–water partition coefficient (Wildman–Crippen LogP) is 3.33. The van der Waals surface area contributed by atoms with Gasteiger partial charge in [-0.2, -0.15) is 0 Å². The van der Waals surface area contributed by atoms with Crippen molar-refractivity contribution in [3.8, 4) is 11.5 Å². The number of nitrogens with one attached hydrogen (secondary N) is 1. The van der Waals surface area contributed by atoms with Crippen LogP contribution in [0, 0.1) is 0 Å². The first kappa shape index (κ1) is 19.8. The summed E-state index contributed by atoms with van der Waals surface area (Å²) in [4.78, 5) is 14.5. The first-order valence-corrected chi connectivity index (χ1v) is 8.95. The van der Waals surface area contributed by atoms with Gasteiger partial charge in [0.05, 0.1) is 7.11 Å². The summed E-state index contributed by atoms with van der Waals surface area (Å²) in [6.07, 6.45) is 0. The topological polar surface area (TPSA) is 63.9 Å². The van der Waals surface area contributed by atoms with Crippen molar-refractivity contribution in [2.75, 3.05) is 26.7 Å². The summed E-state index contributed by atoms with van der Waals surface area (Å²) in [6, 6.07) is 11.1. The Morgan fingerprint density at radius 3 is 2.50 bits per heavy atom. The van der Waals surface area contributed by atoms with E-state index in [1.165, 1.54) is 0 Å². The molecule has 1 N–H and O–H groups in total. The Morgan fingerprint density at radius 1 is 1.15 bits per heavy atom. The molecule has 1 amide bonds. The molecule has 1 unspecified atom stereocenters. The van der Waals surface area contributed by atoms with Gasteiger partial charge in [-0.25, -0.2) is 0 Å². The highest BCUT2D eigenvalue weighted by molar-refractivity contribution is 5.91. The molecule has 0 spiro atoms. The quantitative estimate of drug-likeness (QED) is 0.704. The van der Waals surface area contributed by atoms with Gasteiger partial charge in [-0.15, -0.1) is 0 Å². The van der Waals surface area contributed by atoms with Crippen molar-refractivity contribution < 1.29 is 18.7 Å². The predicted molar refractivity (Wildman–Crippen MR) is 101 cm³/mol. The van der Waals surface area contributed by atoms with Crippen LogP contribution in [0.15, 0.2) is 40.8 Å². The highest BCUT2D eigenvalue weighted by atomic mass is 16.5. The number of rotatable bonds is 10. The van der Waals surface area contributed by atoms with Crippen molar-refractivity contribution in [2.24, 2.45) is 0 Å². The van der Waals surface area contributed by atoms with E-state index in [1.807, 2.05) is 24.3 Å². The number of nitrogens with zero attached hydrogens (tertiary/aromatic N) is 1. The lowest BCUT2D eigenvalue weighted by Crippen LogP contribution is -2.41. The molecule has 0 aliphatic rings. The van der Waals surface area contributed by atoms with E-state index in [2.05, 4.69) is 31.0 Å². The van der Waals surface area contributed by atoms with Gasteiger partial charge in [0.15, 0.2) is 17.3 Å². The second-order valence-electron chi connectivity index (χ2n) is 5.99. The van der Waals surface area contributed by atoms with Gasteiger partial charge in [-0.1, -0.05) is 26.0 Å². The van der Waals surface area contributed by atoms with E-state index in [0.29, 0.717) is 23.8 Å². The number of benzene rings is 1. The van der Waals surface area contributed by atoms with Gasteiger partial charge in [0.25, 0.3) is 5.91 Å². The van der Waals surface area contributed by atoms with Crippen LogP contribution in [0.4, 0.5) is 0 Å². The lowest BCUT2D eigenvalue weighted by Gasteiger charge is -2.26. The summed E-state index contributed by atoms with van der Waals surface area (Å²) >= 11 is 0. The number of methoxy groups -OCH3 is 1. The molecule has 0 saturated carbocycles. The average molecular weight is 360 g/mol. The number of amides is 1. The molecule has 1 atom stereocenters. The minimum Gasteiger partial charge on any atom is -0.493 e. The summed E-state index contributed by atoms with van der Waals surface area (Å²) in [5, 5.41) is 2.92. The van der Waals surface area contributed by atoms with Crippen LogP contribution in [0.25, 0.3) is 0 Å². The van der Waals surface area contributed by atoms with Crippen LogP contribution in [0.2, 0.25) is 0 Å². The van der Waals surface area contributed by atoms with Crippen LogP contribution < -0.4 is 14.8 Å². The van der Waals surface area contributed by atoms with Crippen LogP contribution >= 0.6 is 0 Å². The zero-order valence-corrected chi connectivity index (χ0v) is 16.0. The third-order valence-electron chi connectivity index (χ3n) is 4.32. The molecule has 142 valence electrons. The Hall–Kier alpha value is -2.47. The van der Waals surface area contributed by atoms with Gasteiger partial charge in [0.2, 0.25) is 0 Å². The molecule has 26 heavy (non-hydrogen) atoms. The van der Waals surface area contributed by atoms with E-state index in [-0.39, 0.29) is 24.3 Å². The average Bonchev–Trinajstić information content (AvgIpc) is 3.14. The molecular weight excluding hydrogens is 332 g/mol. The van der Waals surface area contributed by atoms with Gasteiger partial charge >= 0.3 is 0 Å². The number of para-hydroxylation sites is 2. The van der Waals surface area contributed by atoms with E-state index in [0.717, 1.165) is 13.1 Å². The third kappa shape index (κ3) is 5.26. The van der Waals surface area contributed by atoms with Crippen molar-refractivity contribution in [1.29, 1.82) is 0 Å². The van der Waals surface area contributed by atoms with Crippen LogP contribution in [0.5, 0.6) is 11.5 Å². The molecule has 1 aromatic carbocycles. The summed E-state index contributed by atoms with van der Waals surface area (Å²) in [7, 11) is 1.59. The molecule has 2 rings (SSSR count).